The van der Waals surface area contributed by atoms with Crippen LogP contribution in [0.15, 0.2) is 40.2 Å². The van der Waals surface area contributed by atoms with Gasteiger partial charge in [-0.15, -0.1) is 22.9 Å². The van der Waals surface area contributed by atoms with Crippen LogP contribution in [0.5, 0.6) is 0 Å². The summed E-state index contributed by atoms with van der Waals surface area (Å²) in [5.41, 5.74) is 2.69. The van der Waals surface area contributed by atoms with Gasteiger partial charge in [0, 0.05) is 10.8 Å². The van der Waals surface area contributed by atoms with E-state index < -0.39 is 0 Å². The average Bonchev–Trinajstić information content (AvgIpc) is 2.77. The van der Waals surface area contributed by atoms with Crippen molar-refractivity contribution in [2.24, 2.45) is 5.92 Å². The van der Waals surface area contributed by atoms with Crippen molar-refractivity contribution in [2.75, 3.05) is 5.88 Å². The Hall–Kier alpha value is -0.310. The van der Waals surface area contributed by atoms with Crippen LogP contribution in [0.4, 0.5) is 0 Å². The number of hydrogen-bond donors (Lipinski definition) is 0. The quantitative estimate of drug-likeness (QED) is 0.632. The van der Waals surface area contributed by atoms with Gasteiger partial charge in [-0.25, -0.2) is 0 Å². The summed E-state index contributed by atoms with van der Waals surface area (Å²) >= 11 is 11.4. The van der Waals surface area contributed by atoms with E-state index in [1.54, 1.807) is 11.3 Å². The van der Waals surface area contributed by atoms with Crippen molar-refractivity contribution in [1.29, 1.82) is 0 Å². The number of alkyl halides is 1. The molecule has 0 fully saturated rings. The summed E-state index contributed by atoms with van der Waals surface area (Å²) in [5.74, 6) is 1.23. The summed E-state index contributed by atoms with van der Waals surface area (Å²) in [4.78, 5) is 1.40. The molecule has 2 aromatic rings. The van der Waals surface area contributed by atoms with Crippen molar-refractivity contribution in [3.8, 4) is 0 Å². The Morgan fingerprint density at radius 3 is 2.39 bits per heavy atom. The third-order valence-electron chi connectivity index (χ3n) is 2.98. The Morgan fingerprint density at radius 1 is 1.11 bits per heavy atom. The Bertz CT molecular complexity index is 489. The molecule has 3 heteroatoms. The third-order valence-corrected chi connectivity index (χ3v) is 5.06. The molecule has 1 aromatic carbocycles. The van der Waals surface area contributed by atoms with Crippen LogP contribution >= 0.6 is 38.9 Å². The number of thiophene rings is 1. The summed E-state index contributed by atoms with van der Waals surface area (Å²) in [6.45, 7) is 2.12. The highest BCUT2D eigenvalue weighted by Crippen LogP contribution is 2.26. The van der Waals surface area contributed by atoms with Crippen LogP contribution < -0.4 is 0 Å². The Morgan fingerprint density at radius 2 is 1.83 bits per heavy atom. The molecule has 0 saturated carbocycles. The van der Waals surface area contributed by atoms with E-state index in [1.165, 1.54) is 19.8 Å². The zero-order chi connectivity index (χ0) is 13.0. The largest absolute Gasteiger partial charge is 0.133 e. The summed E-state index contributed by atoms with van der Waals surface area (Å²) in [7, 11) is 0. The lowest BCUT2D eigenvalue weighted by molar-refractivity contribution is 0.589. The first kappa shape index (κ1) is 14.1. The Balaban J connectivity index is 1.99. The Kier molecular flexibility index (Phi) is 5.28. The van der Waals surface area contributed by atoms with Gasteiger partial charge in [0.25, 0.3) is 0 Å². The van der Waals surface area contributed by atoms with Crippen LogP contribution in [0.3, 0.4) is 0 Å². The highest BCUT2D eigenvalue weighted by molar-refractivity contribution is 9.11. The van der Waals surface area contributed by atoms with E-state index in [1.807, 2.05) is 0 Å². The summed E-state index contributed by atoms with van der Waals surface area (Å²) < 4.78 is 1.20. The number of rotatable bonds is 5. The molecule has 0 bridgehead atoms. The molecule has 96 valence electrons. The van der Waals surface area contributed by atoms with E-state index in [4.69, 9.17) is 11.6 Å². The van der Waals surface area contributed by atoms with Crippen LogP contribution in [0.1, 0.15) is 16.0 Å². The lowest BCUT2D eigenvalue weighted by Gasteiger charge is -2.13. The summed E-state index contributed by atoms with van der Waals surface area (Å²) in [6.07, 6.45) is 2.12. The lowest BCUT2D eigenvalue weighted by atomic mass is 9.97. The molecule has 0 aliphatic heterocycles. The average molecular weight is 344 g/mol. The zero-order valence-corrected chi connectivity index (χ0v) is 13.5. The molecule has 1 aromatic heterocycles. The number of halogens is 2. The first-order chi connectivity index (χ1) is 8.67. The normalized spacial score (nSPS) is 12.6. The Labute approximate surface area is 126 Å². The van der Waals surface area contributed by atoms with Crippen LogP contribution in [-0.2, 0) is 12.8 Å². The topological polar surface area (TPSA) is 0 Å². The summed E-state index contributed by atoms with van der Waals surface area (Å²) in [5, 5.41) is 0. The minimum absolute atomic E-state index is 0.514. The second kappa shape index (κ2) is 6.74. The maximum atomic E-state index is 6.10. The first-order valence-corrected chi connectivity index (χ1v) is 8.17. The molecular formula is C15H16BrClS. The van der Waals surface area contributed by atoms with E-state index in [2.05, 4.69) is 59.3 Å². The third kappa shape index (κ3) is 4.11. The maximum Gasteiger partial charge on any atom is 0.0701 e. The second-order valence-electron chi connectivity index (χ2n) is 4.62. The van der Waals surface area contributed by atoms with Crippen LogP contribution in [0.25, 0.3) is 0 Å². The second-order valence-corrected chi connectivity index (χ2v) is 7.48. The monoisotopic (exact) mass is 342 g/mol. The van der Waals surface area contributed by atoms with E-state index in [0.717, 1.165) is 12.8 Å². The van der Waals surface area contributed by atoms with Crippen molar-refractivity contribution < 1.29 is 0 Å². The molecule has 0 amide bonds. The molecule has 0 radical (unpaired) electrons. The van der Waals surface area contributed by atoms with Gasteiger partial charge >= 0.3 is 0 Å². The fraction of sp³-hybridized carbons (Fsp3) is 0.333. The molecule has 0 aliphatic carbocycles. The first-order valence-electron chi connectivity index (χ1n) is 6.03. The molecule has 0 nitrogen and oxygen atoms in total. The standard InChI is InChI=1S/C15H16BrClS/c1-11-2-4-12(5-3-11)8-13(10-17)9-14-6-7-15(16)18-14/h2-7,13H,8-10H2,1H3. The molecule has 1 atom stereocenters. The van der Waals surface area contributed by atoms with Crippen LogP contribution in [0.2, 0.25) is 0 Å². The fourth-order valence-corrected chi connectivity index (χ4v) is 3.80. The molecule has 18 heavy (non-hydrogen) atoms. The molecule has 0 aliphatic rings. The van der Waals surface area contributed by atoms with Gasteiger partial charge in [0.2, 0.25) is 0 Å². The van der Waals surface area contributed by atoms with Gasteiger partial charge in [0.1, 0.15) is 0 Å². The van der Waals surface area contributed by atoms with Crippen molar-refractivity contribution in [1.82, 2.24) is 0 Å². The molecule has 0 spiro atoms. The van der Waals surface area contributed by atoms with E-state index in [9.17, 15) is 0 Å². The van der Waals surface area contributed by atoms with Crippen molar-refractivity contribution in [2.45, 2.75) is 19.8 Å². The minimum atomic E-state index is 0.514. The number of benzene rings is 1. The van der Waals surface area contributed by atoms with Crippen LogP contribution in [-0.4, -0.2) is 5.88 Å². The highest BCUT2D eigenvalue weighted by atomic mass is 79.9. The van der Waals surface area contributed by atoms with E-state index >= 15 is 0 Å². The van der Waals surface area contributed by atoms with Gasteiger partial charge in [-0.05, 0) is 59.3 Å². The molecule has 0 N–H and O–H groups in total. The van der Waals surface area contributed by atoms with Crippen molar-refractivity contribution in [3.05, 3.63) is 56.2 Å². The summed E-state index contributed by atoms with van der Waals surface area (Å²) in [6, 6.07) is 13.0. The molecule has 1 heterocycles. The minimum Gasteiger partial charge on any atom is -0.133 e. The number of aryl methyl sites for hydroxylation is 1. The molecule has 0 saturated heterocycles. The fourth-order valence-electron chi connectivity index (χ4n) is 1.98. The van der Waals surface area contributed by atoms with Crippen molar-refractivity contribution >= 4 is 38.9 Å². The van der Waals surface area contributed by atoms with Crippen LogP contribution in [0, 0.1) is 12.8 Å². The molecule has 2 rings (SSSR count). The molecular weight excluding hydrogens is 328 g/mol. The van der Waals surface area contributed by atoms with Gasteiger partial charge in [-0.3, -0.25) is 0 Å². The van der Waals surface area contributed by atoms with E-state index in [0.29, 0.717) is 11.8 Å². The van der Waals surface area contributed by atoms with E-state index in [-0.39, 0.29) is 0 Å². The van der Waals surface area contributed by atoms with Gasteiger partial charge in [-0.2, -0.15) is 0 Å². The predicted molar refractivity (Wildman–Crippen MR) is 84.8 cm³/mol. The predicted octanol–water partition coefficient (Wildman–Crippen LogP) is 5.46. The smallest absolute Gasteiger partial charge is 0.0701 e. The maximum absolute atomic E-state index is 6.10. The lowest BCUT2D eigenvalue weighted by Crippen LogP contribution is -2.09. The highest BCUT2D eigenvalue weighted by Gasteiger charge is 2.11. The van der Waals surface area contributed by atoms with Crippen molar-refractivity contribution in [3.63, 3.8) is 0 Å². The van der Waals surface area contributed by atoms with Gasteiger partial charge in [0.15, 0.2) is 0 Å². The van der Waals surface area contributed by atoms with Gasteiger partial charge in [0.05, 0.1) is 3.79 Å². The zero-order valence-electron chi connectivity index (χ0n) is 10.3. The molecule has 1 unspecified atom stereocenters. The van der Waals surface area contributed by atoms with Gasteiger partial charge in [-0.1, -0.05) is 29.8 Å². The SMILES string of the molecule is Cc1ccc(CC(CCl)Cc2ccc(Br)s2)cc1. The van der Waals surface area contributed by atoms with Gasteiger partial charge < -0.3 is 0 Å². The number of hydrogen-bond acceptors (Lipinski definition) is 1.